The van der Waals surface area contributed by atoms with E-state index in [2.05, 4.69) is 5.32 Å². The molecule has 1 aromatic carbocycles. The second-order valence-electron chi connectivity index (χ2n) is 5.08. The Morgan fingerprint density at radius 1 is 1.36 bits per heavy atom. The molecule has 4 nitrogen and oxygen atoms in total. The number of hydrogen-bond acceptors (Lipinski definition) is 2. The topological polar surface area (TPSA) is 49.4 Å². The van der Waals surface area contributed by atoms with E-state index in [9.17, 15) is 9.59 Å². The molecule has 1 N–H and O–H groups in total. The van der Waals surface area contributed by atoms with Crippen LogP contribution in [0, 0.1) is 0 Å². The summed E-state index contributed by atoms with van der Waals surface area (Å²) in [5.41, 5.74) is 2.34. The summed E-state index contributed by atoms with van der Waals surface area (Å²) in [7, 11) is 0. The first-order chi connectivity index (χ1) is 10.6. The molecule has 0 saturated carbocycles. The van der Waals surface area contributed by atoms with E-state index in [-0.39, 0.29) is 29.5 Å². The van der Waals surface area contributed by atoms with Crippen molar-refractivity contribution in [3.63, 3.8) is 0 Å². The van der Waals surface area contributed by atoms with Crippen molar-refractivity contribution >= 4 is 46.4 Å². The number of hydrogen-bond donors (Lipinski definition) is 1. The fourth-order valence-corrected chi connectivity index (χ4v) is 3.03. The number of rotatable bonds is 2. The van der Waals surface area contributed by atoms with Gasteiger partial charge < -0.3 is 5.32 Å². The Bertz CT molecular complexity index is 697. The lowest BCUT2D eigenvalue weighted by atomic mass is 10.00. The van der Waals surface area contributed by atoms with E-state index in [0.29, 0.717) is 29.1 Å². The molecular formula is C16H14Cl2N2O2. The molecule has 1 atom stereocenters. The van der Waals surface area contributed by atoms with Crippen molar-refractivity contribution in [2.24, 2.45) is 0 Å². The molecule has 0 radical (unpaired) electrons. The lowest BCUT2D eigenvalue weighted by Crippen LogP contribution is -2.32. The molecule has 1 unspecified atom stereocenters. The number of amides is 2. The van der Waals surface area contributed by atoms with Gasteiger partial charge in [-0.3, -0.25) is 14.5 Å². The normalized spacial score (nSPS) is 20.2. The standard InChI is InChI=1S/C16H14Cl2N2O2/c17-8-7-15(21)20-13-6-5-10(18)9-11(13)16(22)19-12-3-1-2-4-14(12)20/h1-6,10H,7-9H2,(H,19,22). The van der Waals surface area contributed by atoms with Crippen LogP contribution in [0.2, 0.25) is 0 Å². The molecule has 1 aliphatic carbocycles. The van der Waals surface area contributed by atoms with E-state index in [4.69, 9.17) is 23.2 Å². The third-order valence-electron chi connectivity index (χ3n) is 3.64. The van der Waals surface area contributed by atoms with E-state index < -0.39 is 0 Å². The first-order valence-electron chi connectivity index (χ1n) is 6.96. The van der Waals surface area contributed by atoms with Crippen LogP contribution in [-0.4, -0.2) is 23.1 Å². The minimum absolute atomic E-state index is 0.149. The van der Waals surface area contributed by atoms with Crippen LogP contribution in [0.1, 0.15) is 12.8 Å². The molecule has 1 aromatic rings. The van der Waals surface area contributed by atoms with Gasteiger partial charge in [-0.1, -0.05) is 18.2 Å². The number of anilines is 2. The third-order valence-corrected chi connectivity index (χ3v) is 4.13. The van der Waals surface area contributed by atoms with E-state index in [1.807, 2.05) is 12.1 Å². The van der Waals surface area contributed by atoms with Gasteiger partial charge in [-0.2, -0.15) is 0 Å². The highest BCUT2D eigenvalue weighted by Crippen LogP contribution is 2.37. The molecule has 2 amide bonds. The fraction of sp³-hybridized carbons (Fsp3) is 0.250. The van der Waals surface area contributed by atoms with E-state index in [1.165, 1.54) is 0 Å². The minimum atomic E-state index is -0.254. The SMILES string of the molecule is O=C1Nc2ccccc2N(C(=O)CCCl)C2=C1CC(Cl)C=C2. The number of para-hydroxylation sites is 2. The van der Waals surface area contributed by atoms with Gasteiger partial charge in [0, 0.05) is 17.9 Å². The van der Waals surface area contributed by atoms with E-state index in [1.54, 1.807) is 29.2 Å². The maximum Gasteiger partial charge on any atom is 0.253 e. The molecule has 0 saturated heterocycles. The van der Waals surface area contributed by atoms with Crippen LogP contribution < -0.4 is 10.2 Å². The number of alkyl halides is 2. The third kappa shape index (κ3) is 2.64. The molecule has 1 aliphatic heterocycles. The van der Waals surface area contributed by atoms with Crippen LogP contribution in [-0.2, 0) is 9.59 Å². The first kappa shape index (κ1) is 15.1. The number of halogens is 2. The summed E-state index contributed by atoms with van der Waals surface area (Å²) >= 11 is 11.9. The summed E-state index contributed by atoms with van der Waals surface area (Å²) < 4.78 is 0. The van der Waals surface area contributed by atoms with Gasteiger partial charge in [0.2, 0.25) is 5.91 Å². The van der Waals surface area contributed by atoms with Crippen LogP contribution in [0.3, 0.4) is 0 Å². The molecule has 0 fully saturated rings. The second-order valence-corrected chi connectivity index (χ2v) is 6.02. The Kier molecular flexibility index (Phi) is 4.23. The molecular weight excluding hydrogens is 323 g/mol. The zero-order valence-corrected chi connectivity index (χ0v) is 13.2. The molecule has 114 valence electrons. The van der Waals surface area contributed by atoms with Gasteiger partial charge >= 0.3 is 0 Å². The summed E-state index contributed by atoms with van der Waals surface area (Å²) in [4.78, 5) is 26.6. The first-order valence-corrected chi connectivity index (χ1v) is 7.93. The fourth-order valence-electron chi connectivity index (χ4n) is 2.65. The molecule has 0 aromatic heterocycles. The Balaban J connectivity index is 2.17. The number of nitrogens with one attached hydrogen (secondary N) is 1. The smallest absolute Gasteiger partial charge is 0.253 e. The lowest BCUT2D eigenvalue weighted by molar-refractivity contribution is -0.117. The maximum atomic E-state index is 12.6. The maximum absolute atomic E-state index is 12.6. The highest BCUT2D eigenvalue weighted by molar-refractivity contribution is 6.23. The predicted molar refractivity (Wildman–Crippen MR) is 88.3 cm³/mol. The Labute approximate surface area is 138 Å². The average molecular weight is 337 g/mol. The number of carbonyl (C=O) groups excluding carboxylic acids is 2. The summed E-state index contributed by atoms with van der Waals surface area (Å²) in [5, 5.41) is 2.60. The molecule has 6 heteroatoms. The highest BCUT2D eigenvalue weighted by atomic mass is 35.5. The van der Waals surface area contributed by atoms with E-state index in [0.717, 1.165) is 0 Å². The number of fused-ring (bicyclic) bond motifs is 1. The van der Waals surface area contributed by atoms with Gasteiger partial charge in [-0.15, -0.1) is 23.2 Å². The quantitative estimate of drug-likeness (QED) is 0.841. The molecule has 0 bridgehead atoms. The number of nitrogens with zero attached hydrogens (tertiary/aromatic N) is 1. The average Bonchev–Trinajstić information content (AvgIpc) is 2.62. The van der Waals surface area contributed by atoms with Crippen molar-refractivity contribution in [3.05, 3.63) is 47.7 Å². The Morgan fingerprint density at radius 3 is 2.91 bits per heavy atom. The molecule has 22 heavy (non-hydrogen) atoms. The lowest BCUT2D eigenvalue weighted by Gasteiger charge is -2.27. The van der Waals surface area contributed by atoms with Gasteiger partial charge in [-0.25, -0.2) is 0 Å². The van der Waals surface area contributed by atoms with Crippen LogP contribution in [0.5, 0.6) is 0 Å². The summed E-state index contributed by atoms with van der Waals surface area (Å²) in [6.07, 6.45) is 4.11. The number of allylic oxidation sites excluding steroid dienone is 2. The van der Waals surface area contributed by atoms with Gasteiger partial charge in [0.05, 0.1) is 22.4 Å². The minimum Gasteiger partial charge on any atom is -0.320 e. The van der Waals surface area contributed by atoms with Crippen molar-refractivity contribution in [3.8, 4) is 0 Å². The zero-order valence-electron chi connectivity index (χ0n) is 11.7. The molecule has 2 aliphatic rings. The highest BCUT2D eigenvalue weighted by Gasteiger charge is 2.32. The van der Waals surface area contributed by atoms with Gasteiger partial charge in [0.15, 0.2) is 0 Å². The van der Waals surface area contributed by atoms with Gasteiger partial charge in [0.25, 0.3) is 5.91 Å². The summed E-state index contributed by atoms with van der Waals surface area (Å²) in [6, 6.07) is 7.22. The van der Waals surface area contributed by atoms with Gasteiger partial charge in [0.1, 0.15) is 0 Å². The molecule has 1 heterocycles. The van der Waals surface area contributed by atoms with Crippen LogP contribution >= 0.6 is 23.2 Å². The zero-order chi connectivity index (χ0) is 15.7. The van der Waals surface area contributed by atoms with Crippen molar-refractivity contribution in [1.82, 2.24) is 0 Å². The van der Waals surface area contributed by atoms with Crippen LogP contribution in [0.15, 0.2) is 47.7 Å². The van der Waals surface area contributed by atoms with E-state index >= 15 is 0 Å². The van der Waals surface area contributed by atoms with Gasteiger partial charge in [-0.05, 0) is 24.6 Å². The van der Waals surface area contributed by atoms with Crippen LogP contribution in [0.25, 0.3) is 0 Å². The number of carbonyl (C=O) groups is 2. The predicted octanol–water partition coefficient (Wildman–Crippen LogP) is 3.42. The second kappa shape index (κ2) is 6.15. The monoisotopic (exact) mass is 336 g/mol. The Morgan fingerprint density at radius 2 is 2.14 bits per heavy atom. The van der Waals surface area contributed by atoms with Crippen molar-refractivity contribution in [1.29, 1.82) is 0 Å². The van der Waals surface area contributed by atoms with Crippen molar-refractivity contribution in [2.75, 3.05) is 16.1 Å². The van der Waals surface area contributed by atoms with Crippen molar-refractivity contribution in [2.45, 2.75) is 18.2 Å². The number of benzene rings is 1. The largest absolute Gasteiger partial charge is 0.320 e. The summed E-state index contributed by atoms with van der Waals surface area (Å²) in [5.74, 6) is -0.147. The Hall–Kier alpha value is -1.78. The molecule has 3 rings (SSSR count). The summed E-state index contributed by atoms with van der Waals surface area (Å²) in [6.45, 7) is 0. The van der Waals surface area contributed by atoms with Crippen molar-refractivity contribution < 1.29 is 9.59 Å². The molecule has 0 spiro atoms. The van der Waals surface area contributed by atoms with Crippen LogP contribution in [0.4, 0.5) is 11.4 Å².